The minimum atomic E-state index is -0.657. The molecule has 1 aromatic carbocycles. The summed E-state index contributed by atoms with van der Waals surface area (Å²) in [6, 6.07) is 7.96. The van der Waals surface area contributed by atoms with E-state index >= 15 is 0 Å². The average molecular weight is 285 g/mol. The highest BCUT2D eigenvalue weighted by atomic mass is 16.1. The molecule has 4 heteroatoms. The number of Topliss-reactive ketones (excluding diaryl/α,β-unsaturated/α-hetero) is 1. The molecule has 1 aliphatic rings. The number of rotatable bonds is 3. The van der Waals surface area contributed by atoms with Crippen LogP contribution in [0.2, 0.25) is 0 Å². The lowest BCUT2D eigenvalue weighted by Crippen LogP contribution is -2.51. The summed E-state index contributed by atoms with van der Waals surface area (Å²) in [5.41, 5.74) is 7.74. The lowest BCUT2D eigenvalue weighted by molar-refractivity contribution is -0.125. The van der Waals surface area contributed by atoms with Crippen LogP contribution in [0.4, 0.5) is 0 Å². The molecule has 1 heterocycles. The lowest BCUT2D eigenvalue weighted by Gasteiger charge is -2.35. The van der Waals surface area contributed by atoms with E-state index in [1.54, 1.807) is 0 Å². The molecule has 1 aromatic heterocycles. The monoisotopic (exact) mass is 285 g/mol. The zero-order valence-corrected chi connectivity index (χ0v) is 12.8. The first-order valence-corrected chi connectivity index (χ1v) is 7.72. The fourth-order valence-corrected chi connectivity index (χ4v) is 3.52. The van der Waals surface area contributed by atoms with E-state index in [0.717, 1.165) is 36.1 Å². The van der Waals surface area contributed by atoms with E-state index in [0.29, 0.717) is 12.3 Å². The third kappa shape index (κ3) is 2.60. The SMILES string of the molecule is CC1CCCC(N)(C(=O)Cc2nc3ccccc3n2C)C1. The zero-order valence-electron chi connectivity index (χ0n) is 12.8. The van der Waals surface area contributed by atoms with Gasteiger partial charge in [-0.3, -0.25) is 4.79 Å². The minimum Gasteiger partial charge on any atom is -0.331 e. The van der Waals surface area contributed by atoms with E-state index in [1.807, 2.05) is 35.9 Å². The molecular weight excluding hydrogens is 262 g/mol. The standard InChI is InChI=1S/C17H23N3O/c1-12-6-5-9-17(18,11-12)15(21)10-16-19-13-7-3-4-8-14(13)20(16)2/h3-4,7-8,12H,5-6,9-11,18H2,1-2H3. The van der Waals surface area contributed by atoms with Crippen molar-refractivity contribution in [3.8, 4) is 0 Å². The molecular formula is C17H23N3O. The fraction of sp³-hybridized carbons (Fsp3) is 0.529. The van der Waals surface area contributed by atoms with Crippen LogP contribution >= 0.6 is 0 Å². The highest BCUT2D eigenvalue weighted by Crippen LogP contribution is 2.32. The Labute approximate surface area is 125 Å². The number of nitrogens with zero attached hydrogens (tertiary/aromatic N) is 2. The number of aromatic nitrogens is 2. The van der Waals surface area contributed by atoms with Gasteiger partial charge in [0.2, 0.25) is 0 Å². The van der Waals surface area contributed by atoms with Crippen molar-refractivity contribution in [2.75, 3.05) is 0 Å². The zero-order chi connectivity index (χ0) is 15.0. The molecule has 21 heavy (non-hydrogen) atoms. The Morgan fingerprint density at radius 3 is 2.95 bits per heavy atom. The van der Waals surface area contributed by atoms with Gasteiger partial charge in [-0.1, -0.05) is 31.9 Å². The summed E-state index contributed by atoms with van der Waals surface area (Å²) in [7, 11) is 1.96. The average Bonchev–Trinajstić information content (AvgIpc) is 2.76. The van der Waals surface area contributed by atoms with Crippen molar-refractivity contribution in [3.63, 3.8) is 0 Å². The number of fused-ring (bicyclic) bond motifs is 1. The van der Waals surface area contributed by atoms with Gasteiger partial charge in [0.05, 0.1) is 23.0 Å². The van der Waals surface area contributed by atoms with E-state index in [-0.39, 0.29) is 5.78 Å². The highest BCUT2D eigenvalue weighted by Gasteiger charge is 2.37. The summed E-state index contributed by atoms with van der Waals surface area (Å²) < 4.78 is 2.00. The number of para-hydroxylation sites is 2. The van der Waals surface area contributed by atoms with E-state index in [4.69, 9.17) is 5.73 Å². The summed E-state index contributed by atoms with van der Waals surface area (Å²) in [6.07, 6.45) is 4.16. The van der Waals surface area contributed by atoms with Crippen molar-refractivity contribution in [2.45, 2.75) is 44.6 Å². The van der Waals surface area contributed by atoms with Crippen LogP contribution in [0, 0.1) is 5.92 Å². The number of nitrogens with two attached hydrogens (primary N) is 1. The summed E-state index contributed by atoms with van der Waals surface area (Å²) >= 11 is 0. The topological polar surface area (TPSA) is 60.9 Å². The van der Waals surface area contributed by atoms with Crippen LogP contribution < -0.4 is 5.73 Å². The largest absolute Gasteiger partial charge is 0.331 e. The smallest absolute Gasteiger partial charge is 0.160 e. The molecule has 1 saturated carbocycles. The predicted octanol–water partition coefficient (Wildman–Crippen LogP) is 2.59. The van der Waals surface area contributed by atoms with Crippen LogP contribution in [0.1, 0.15) is 38.4 Å². The number of aryl methyl sites for hydroxylation is 1. The maximum absolute atomic E-state index is 12.7. The third-order valence-corrected chi connectivity index (χ3v) is 4.79. The Hall–Kier alpha value is -1.68. The Morgan fingerprint density at radius 1 is 1.48 bits per heavy atom. The molecule has 3 rings (SSSR count). The maximum atomic E-state index is 12.7. The molecule has 0 saturated heterocycles. The highest BCUT2D eigenvalue weighted by molar-refractivity contribution is 5.90. The predicted molar refractivity (Wildman–Crippen MR) is 84.0 cm³/mol. The van der Waals surface area contributed by atoms with Crippen LogP contribution in [-0.4, -0.2) is 20.9 Å². The van der Waals surface area contributed by atoms with Crippen molar-refractivity contribution >= 4 is 16.8 Å². The van der Waals surface area contributed by atoms with Crippen molar-refractivity contribution in [3.05, 3.63) is 30.1 Å². The number of carbonyl (C=O) groups excluding carboxylic acids is 1. The Morgan fingerprint density at radius 2 is 2.24 bits per heavy atom. The van der Waals surface area contributed by atoms with Gasteiger partial charge in [-0.25, -0.2) is 4.98 Å². The molecule has 4 nitrogen and oxygen atoms in total. The second-order valence-corrected chi connectivity index (χ2v) is 6.53. The van der Waals surface area contributed by atoms with Gasteiger partial charge in [-0.15, -0.1) is 0 Å². The number of benzene rings is 1. The molecule has 1 fully saturated rings. The normalized spacial score (nSPS) is 26.1. The number of carbonyl (C=O) groups is 1. The summed E-state index contributed by atoms with van der Waals surface area (Å²) in [5, 5.41) is 0. The molecule has 2 aromatic rings. The van der Waals surface area contributed by atoms with Gasteiger partial charge >= 0.3 is 0 Å². The molecule has 0 bridgehead atoms. The van der Waals surface area contributed by atoms with Crippen LogP contribution in [-0.2, 0) is 18.3 Å². The summed E-state index contributed by atoms with van der Waals surface area (Å²) in [4.78, 5) is 17.3. The quantitative estimate of drug-likeness (QED) is 0.943. The Balaban J connectivity index is 1.84. The van der Waals surface area contributed by atoms with Gasteiger partial charge in [0.1, 0.15) is 5.82 Å². The number of hydrogen-bond donors (Lipinski definition) is 1. The summed E-state index contributed by atoms with van der Waals surface area (Å²) in [5.74, 6) is 1.48. The van der Waals surface area contributed by atoms with Crippen LogP contribution in [0.25, 0.3) is 11.0 Å². The molecule has 0 aliphatic heterocycles. The Bertz CT molecular complexity index is 676. The number of ketones is 1. The first-order chi connectivity index (χ1) is 9.99. The molecule has 0 amide bonds. The fourth-order valence-electron chi connectivity index (χ4n) is 3.52. The van der Waals surface area contributed by atoms with Crippen LogP contribution in [0.3, 0.4) is 0 Å². The van der Waals surface area contributed by atoms with Gasteiger partial charge < -0.3 is 10.3 Å². The van der Waals surface area contributed by atoms with Gasteiger partial charge in [0, 0.05) is 7.05 Å². The lowest BCUT2D eigenvalue weighted by atomic mass is 9.74. The van der Waals surface area contributed by atoms with Crippen molar-refractivity contribution in [1.82, 2.24) is 9.55 Å². The minimum absolute atomic E-state index is 0.132. The van der Waals surface area contributed by atoms with Crippen LogP contribution in [0.15, 0.2) is 24.3 Å². The number of hydrogen-bond acceptors (Lipinski definition) is 3. The van der Waals surface area contributed by atoms with Crippen molar-refractivity contribution in [1.29, 1.82) is 0 Å². The second-order valence-electron chi connectivity index (χ2n) is 6.53. The molecule has 1 aliphatic carbocycles. The first kappa shape index (κ1) is 14.3. The van der Waals surface area contributed by atoms with Gasteiger partial charge in [-0.05, 0) is 30.9 Å². The number of imidazole rings is 1. The molecule has 112 valence electrons. The van der Waals surface area contributed by atoms with Gasteiger partial charge in [-0.2, -0.15) is 0 Å². The van der Waals surface area contributed by atoms with E-state index in [1.165, 1.54) is 6.42 Å². The molecule has 0 radical (unpaired) electrons. The van der Waals surface area contributed by atoms with E-state index in [9.17, 15) is 4.79 Å². The molecule has 0 spiro atoms. The molecule has 2 atom stereocenters. The van der Waals surface area contributed by atoms with E-state index in [2.05, 4.69) is 11.9 Å². The molecule has 2 unspecified atom stereocenters. The van der Waals surface area contributed by atoms with Crippen LogP contribution in [0.5, 0.6) is 0 Å². The van der Waals surface area contributed by atoms with Gasteiger partial charge in [0.25, 0.3) is 0 Å². The van der Waals surface area contributed by atoms with Crippen molar-refractivity contribution in [2.24, 2.45) is 18.7 Å². The second kappa shape index (κ2) is 5.26. The van der Waals surface area contributed by atoms with E-state index < -0.39 is 5.54 Å². The van der Waals surface area contributed by atoms with Gasteiger partial charge in [0.15, 0.2) is 5.78 Å². The summed E-state index contributed by atoms with van der Waals surface area (Å²) in [6.45, 7) is 2.18. The molecule has 2 N–H and O–H groups in total. The first-order valence-electron chi connectivity index (χ1n) is 7.72. The third-order valence-electron chi connectivity index (χ3n) is 4.79. The van der Waals surface area contributed by atoms with Crippen molar-refractivity contribution < 1.29 is 4.79 Å². The maximum Gasteiger partial charge on any atom is 0.160 e. The Kier molecular flexibility index (Phi) is 3.57.